The molecule has 1 aliphatic rings. The summed E-state index contributed by atoms with van der Waals surface area (Å²) in [6.45, 7) is 3.87. The van der Waals surface area contributed by atoms with E-state index in [1.807, 2.05) is 13.8 Å². The Morgan fingerprint density at radius 1 is 1.53 bits per heavy atom. The summed E-state index contributed by atoms with van der Waals surface area (Å²) in [5, 5.41) is 12.6. The van der Waals surface area contributed by atoms with Gasteiger partial charge >= 0.3 is 0 Å². The summed E-state index contributed by atoms with van der Waals surface area (Å²) in [6, 6.07) is 4.90. The van der Waals surface area contributed by atoms with Gasteiger partial charge in [0.2, 0.25) is 0 Å². The van der Waals surface area contributed by atoms with E-state index < -0.39 is 0 Å². The van der Waals surface area contributed by atoms with E-state index in [0.29, 0.717) is 23.4 Å². The Morgan fingerprint density at radius 2 is 2.21 bits per heavy atom. The molecule has 0 spiro atoms. The van der Waals surface area contributed by atoms with Crippen LogP contribution in [0.1, 0.15) is 30.6 Å². The minimum absolute atomic E-state index is 0.0303. The largest absolute Gasteiger partial charge is 0.496 e. The van der Waals surface area contributed by atoms with Gasteiger partial charge in [0.15, 0.2) is 0 Å². The number of carbonyl (C=O) groups excluding carboxylic acids is 1. The van der Waals surface area contributed by atoms with Crippen LogP contribution >= 0.6 is 0 Å². The number of nitrogens with one attached hydrogen (secondary N) is 1. The minimum Gasteiger partial charge on any atom is -0.496 e. The molecule has 4 N–H and O–H groups in total. The quantitative estimate of drug-likeness (QED) is 0.715. The first-order valence-electron chi connectivity index (χ1n) is 6.28. The predicted molar refractivity (Wildman–Crippen MR) is 73.1 cm³/mol. The molecule has 104 valence electrons. The fourth-order valence-corrected chi connectivity index (χ4v) is 2.28. The van der Waals surface area contributed by atoms with Gasteiger partial charge < -0.3 is 20.9 Å². The Labute approximate surface area is 112 Å². The maximum Gasteiger partial charge on any atom is 0.255 e. The van der Waals surface area contributed by atoms with Gasteiger partial charge in [-0.2, -0.15) is 0 Å². The Kier molecular flexibility index (Phi) is 3.41. The van der Waals surface area contributed by atoms with Crippen molar-refractivity contribution in [1.29, 1.82) is 0 Å². The number of nitrogens with two attached hydrogens (primary N) is 1. The number of ether oxygens (including phenoxy) is 1. The average molecular weight is 264 g/mol. The van der Waals surface area contributed by atoms with Crippen molar-refractivity contribution in [3.63, 3.8) is 0 Å². The molecular formula is C14H20N2O3. The van der Waals surface area contributed by atoms with E-state index in [1.165, 1.54) is 7.11 Å². The monoisotopic (exact) mass is 264 g/mol. The number of aliphatic hydroxyl groups excluding tert-OH is 1. The molecule has 1 aliphatic carbocycles. The van der Waals surface area contributed by atoms with Gasteiger partial charge in [-0.1, -0.05) is 13.8 Å². The summed E-state index contributed by atoms with van der Waals surface area (Å²) in [5.74, 6) is 0.247. The number of hydrogen-bond donors (Lipinski definition) is 3. The second-order valence-corrected chi connectivity index (χ2v) is 5.56. The van der Waals surface area contributed by atoms with Crippen LogP contribution < -0.4 is 15.8 Å². The SMILES string of the molecule is COc1cc(N)ccc1C(=O)NC1CC(O)C1(C)C. The molecular weight excluding hydrogens is 244 g/mol. The van der Waals surface area contributed by atoms with Crippen molar-refractivity contribution in [3.05, 3.63) is 23.8 Å². The average Bonchev–Trinajstić information content (AvgIpc) is 2.38. The van der Waals surface area contributed by atoms with Crippen molar-refractivity contribution in [3.8, 4) is 5.75 Å². The molecule has 1 aromatic rings. The standard InChI is InChI=1S/C14H20N2O3/c1-14(2)11(7-12(14)17)16-13(18)9-5-4-8(15)6-10(9)19-3/h4-6,11-12,17H,7,15H2,1-3H3,(H,16,18). The van der Waals surface area contributed by atoms with Crippen molar-refractivity contribution in [2.75, 3.05) is 12.8 Å². The van der Waals surface area contributed by atoms with E-state index in [4.69, 9.17) is 10.5 Å². The molecule has 1 fully saturated rings. The first-order valence-corrected chi connectivity index (χ1v) is 6.28. The highest BCUT2D eigenvalue weighted by Crippen LogP contribution is 2.40. The van der Waals surface area contributed by atoms with E-state index in [1.54, 1.807) is 18.2 Å². The highest BCUT2D eigenvalue weighted by atomic mass is 16.5. The maximum atomic E-state index is 12.2. The zero-order chi connectivity index (χ0) is 14.2. The van der Waals surface area contributed by atoms with Gasteiger partial charge in [-0.25, -0.2) is 0 Å². The van der Waals surface area contributed by atoms with Gasteiger partial charge in [-0.15, -0.1) is 0 Å². The predicted octanol–water partition coefficient (Wildman–Crippen LogP) is 1.17. The van der Waals surface area contributed by atoms with Crippen molar-refractivity contribution in [1.82, 2.24) is 5.32 Å². The van der Waals surface area contributed by atoms with E-state index in [9.17, 15) is 9.90 Å². The summed E-state index contributed by atoms with van der Waals surface area (Å²) < 4.78 is 5.16. The van der Waals surface area contributed by atoms with Crippen LogP contribution in [0.15, 0.2) is 18.2 Å². The topological polar surface area (TPSA) is 84.6 Å². The third kappa shape index (κ3) is 2.38. The smallest absolute Gasteiger partial charge is 0.255 e. The van der Waals surface area contributed by atoms with E-state index in [0.717, 1.165) is 0 Å². The second-order valence-electron chi connectivity index (χ2n) is 5.56. The number of anilines is 1. The van der Waals surface area contributed by atoms with Gasteiger partial charge in [0.1, 0.15) is 5.75 Å². The van der Waals surface area contributed by atoms with Gasteiger partial charge in [0.05, 0.1) is 18.8 Å². The van der Waals surface area contributed by atoms with Crippen LogP contribution in [-0.4, -0.2) is 30.3 Å². The molecule has 0 aromatic heterocycles. The molecule has 2 rings (SSSR count). The number of nitrogen functional groups attached to an aromatic ring is 1. The first kappa shape index (κ1) is 13.7. The fraction of sp³-hybridized carbons (Fsp3) is 0.500. The van der Waals surface area contributed by atoms with Gasteiger partial charge in [-0.05, 0) is 18.6 Å². The van der Waals surface area contributed by atoms with E-state index in [2.05, 4.69) is 5.32 Å². The number of benzene rings is 1. The molecule has 5 nitrogen and oxygen atoms in total. The lowest BCUT2D eigenvalue weighted by atomic mass is 9.64. The Morgan fingerprint density at radius 3 is 2.74 bits per heavy atom. The number of hydrogen-bond acceptors (Lipinski definition) is 4. The Bertz CT molecular complexity index is 499. The fourth-order valence-electron chi connectivity index (χ4n) is 2.28. The summed E-state index contributed by atoms with van der Waals surface area (Å²) >= 11 is 0. The number of methoxy groups -OCH3 is 1. The van der Waals surface area contributed by atoms with Crippen LogP contribution in [-0.2, 0) is 0 Å². The molecule has 19 heavy (non-hydrogen) atoms. The molecule has 0 radical (unpaired) electrons. The molecule has 5 heteroatoms. The molecule has 2 unspecified atom stereocenters. The third-order valence-corrected chi connectivity index (χ3v) is 3.99. The molecule has 1 saturated carbocycles. The zero-order valence-electron chi connectivity index (χ0n) is 11.4. The maximum absolute atomic E-state index is 12.2. The van der Waals surface area contributed by atoms with Crippen LogP contribution in [0, 0.1) is 5.41 Å². The van der Waals surface area contributed by atoms with Crippen molar-refractivity contribution in [2.24, 2.45) is 5.41 Å². The van der Waals surface area contributed by atoms with Gasteiger partial charge in [-0.3, -0.25) is 4.79 Å². The summed E-state index contributed by atoms with van der Waals surface area (Å²) in [4.78, 5) is 12.2. The number of amides is 1. The molecule has 0 aliphatic heterocycles. The second kappa shape index (κ2) is 4.74. The molecule has 0 bridgehead atoms. The van der Waals surface area contributed by atoms with Gasteiger partial charge in [0, 0.05) is 23.2 Å². The summed E-state index contributed by atoms with van der Waals surface area (Å²) in [5.41, 5.74) is 6.36. The van der Waals surface area contributed by atoms with Gasteiger partial charge in [0.25, 0.3) is 5.91 Å². The molecule has 0 saturated heterocycles. The Hall–Kier alpha value is -1.75. The summed E-state index contributed by atoms with van der Waals surface area (Å²) in [6.07, 6.45) is 0.210. The van der Waals surface area contributed by atoms with E-state index in [-0.39, 0.29) is 23.5 Å². The lowest BCUT2D eigenvalue weighted by Crippen LogP contribution is -2.61. The van der Waals surface area contributed by atoms with Crippen LogP contribution in [0.25, 0.3) is 0 Å². The number of aliphatic hydroxyl groups is 1. The molecule has 1 amide bonds. The van der Waals surface area contributed by atoms with Crippen molar-refractivity contribution < 1.29 is 14.6 Å². The van der Waals surface area contributed by atoms with Crippen LogP contribution in [0.5, 0.6) is 5.75 Å². The van der Waals surface area contributed by atoms with Crippen LogP contribution in [0.2, 0.25) is 0 Å². The lowest BCUT2D eigenvalue weighted by Gasteiger charge is -2.49. The molecule has 0 heterocycles. The lowest BCUT2D eigenvalue weighted by molar-refractivity contribution is -0.0689. The van der Waals surface area contributed by atoms with Crippen LogP contribution in [0.4, 0.5) is 5.69 Å². The summed E-state index contributed by atoms with van der Waals surface area (Å²) in [7, 11) is 1.50. The molecule has 2 atom stereocenters. The number of rotatable bonds is 3. The van der Waals surface area contributed by atoms with Crippen LogP contribution in [0.3, 0.4) is 0 Å². The number of carbonyl (C=O) groups is 1. The highest BCUT2D eigenvalue weighted by Gasteiger charge is 2.48. The van der Waals surface area contributed by atoms with E-state index >= 15 is 0 Å². The minimum atomic E-state index is -0.369. The zero-order valence-corrected chi connectivity index (χ0v) is 11.4. The Balaban J connectivity index is 2.13. The first-order chi connectivity index (χ1) is 8.86. The molecule has 1 aromatic carbocycles. The third-order valence-electron chi connectivity index (χ3n) is 3.99. The van der Waals surface area contributed by atoms with Crippen molar-refractivity contribution >= 4 is 11.6 Å². The highest BCUT2D eigenvalue weighted by molar-refractivity contribution is 5.97. The normalized spacial score (nSPS) is 24.4. The van der Waals surface area contributed by atoms with Crippen molar-refractivity contribution in [2.45, 2.75) is 32.4 Å².